The molecule has 2 aromatic carbocycles. The van der Waals surface area contributed by atoms with Gasteiger partial charge in [-0.05, 0) is 51.3 Å². The van der Waals surface area contributed by atoms with Crippen molar-refractivity contribution in [1.29, 1.82) is 0 Å². The average Bonchev–Trinajstić information content (AvgIpc) is 3.20. The number of fused-ring (bicyclic) bond motifs is 1. The van der Waals surface area contributed by atoms with Crippen molar-refractivity contribution >= 4 is 28.5 Å². The van der Waals surface area contributed by atoms with E-state index in [1.165, 1.54) is 39.8 Å². The summed E-state index contributed by atoms with van der Waals surface area (Å²) in [4.78, 5) is 41.0. The van der Waals surface area contributed by atoms with Gasteiger partial charge in [-0.15, -0.1) is 0 Å². The number of oxazole rings is 1. The lowest BCUT2D eigenvalue weighted by Crippen LogP contribution is -2.32. The smallest absolute Gasteiger partial charge is 0.419 e. The third kappa shape index (κ3) is 3.95. The first kappa shape index (κ1) is 22.5. The van der Waals surface area contributed by atoms with Gasteiger partial charge in [0, 0.05) is 24.7 Å². The number of amides is 1. The van der Waals surface area contributed by atoms with Crippen molar-refractivity contribution in [3.8, 4) is 0 Å². The molecule has 0 aliphatic carbocycles. The Morgan fingerprint density at radius 2 is 1.88 bits per heavy atom. The number of carbonyl (C=O) groups is 2. The van der Waals surface area contributed by atoms with Gasteiger partial charge in [0.05, 0.1) is 17.1 Å². The maximum Gasteiger partial charge on any atom is 0.419 e. The summed E-state index contributed by atoms with van der Waals surface area (Å²) in [7, 11) is 5.33. The Hall–Kier alpha value is -3.72. The molecular weight excluding hydrogens is 429 g/mol. The quantitative estimate of drug-likeness (QED) is 0.350. The van der Waals surface area contributed by atoms with E-state index in [2.05, 4.69) is 0 Å². The van der Waals surface area contributed by atoms with Crippen LogP contribution < -0.4 is 5.76 Å². The minimum absolute atomic E-state index is 0.121. The van der Waals surface area contributed by atoms with E-state index in [4.69, 9.17) is 4.42 Å². The van der Waals surface area contributed by atoms with Crippen molar-refractivity contribution in [3.63, 3.8) is 0 Å². The summed E-state index contributed by atoms with van der Waals surface area (Å²) in [6.45, 7) is 0.877. The highest BCUT2D eigenvalue weighted by Gasteiger charge is 2.46. The van der Waals surface area contributed by atoms with Crippen molar-refractivity contribution in [2.24, 2.45) is 7.05 Å². The second-order valence-electron chi connectivity index (χ2n) is 8.28. The first-order valence-electron chi connectivity index (χ1n) is 10.5. The van der Waals surface area contributed by atoms with E-state index in [-0.39, 0.29) is 28.8 Å². The van der Waals surface area contributed by atoms with E-state index >= 15 is 0 Å². The van der Waals surface area contributed by atoms with Crippen LogP contribution in [0.5, 0.6) is 0 Å². The number of benzene rings is 2. The van der Waals surface area contributed by atoms with Crippen molar-refractivity contribution in [1.82, 2.24) is 14.4 Å². The standard InChI is InChI=1S/C24H24FN3O5/c1-26(2)11-6-12-28-20(15-7-4-5-8-16(15)25)19(22(30)23(28)31)21(29)14-9-10-17-18(13-14)33-24(32)27(17)3/h4-5,7-10,13,20,29H,6,11-12H2,1-3H3/t20-/m1/s1. The van der Waals surface area contributed by atoms with Crippen LogP contribution in [0.15, 0.2) is 57.2 Å². The highest BCUT2D eigenvalue weighted by atomic mass is 19.1. The van der Waals surface area contributed by atoms with Gasteiger partial charge < -0.3 is 19.3 Å². The van der Waals surface area contributed by atoms with Crippen LogP contribution in [0.1, 0.15) is 23.6 Å². The highest BCUT2D eigenvalue weighted by Crippen LogP contribution is 2.40. The molecular formula is C24H24FN3O5. The summed E-state index contributed by atoms with van der Waals surface area (Å²) in [5.74, 6) is -3.30. The van der Waals surface area contributed by atoms with Gasteiger partial charge in [0.15, 0.2) is 5.58 Å². The molecule has 1 saturated heterocycles. The number of aryl methyl sites for hydroxylation is 1. The van der Waals surface area contributed by atoms with Gasteiger partial charge >= 0.3 is 5.76 Å². The number of aromatic nitrogens is 1. The molecule has 33 heavy (non-hydrogen) atoms. The predicted molar refractivity (Wildman–Crippen MR) is 120 cm³/mol. The number of aliphatic hydroxyl groups is 1. The van der Waals surface area contributed by atoms with Crippen LogP contribution in [-0.2, 0) is 16.6 Å². The molecule has 1 amide bonds. The molecule has 172 valence electrons. The van der Waals surface area contributed by atoms with E-state index in [1.54, 1.807) is 19.2 Å². The van der Waals surface area contributed by atoms with E-state index in [0.29, 0.717) is 18.5 Å². The lowest BCUT2D eigenvalue weighted by atomic mass is 9.94. The molecule has 4 rings (SSSR count). The average molecular weight is 453 g/mol. The number of hydrogen-bond acceptors (Lipinski definition) is 6. The van der Waals surface area contributed by atoms with Gasteiger partial charge in [-0.3, -0.25) is 14.2 Å². The summed E-state index contributed by atoms with van der Waals surface area (Å²) in [5.41, 5.74) is 0.827. The fourth-order valence-corrected chi connectivity index (χ4v) is 4.12. The summed E-state index contributed by atoms with van der Waals surface area (Å²) in [6, 6.07) is 9.31. The number of Topliss-reactive ketones (excluding diaryl/α,β-unsaturated/α-hetero) is 1. The molecule has 0 radical (unpaired) electrons. The number of ketones is 1. The Labute approximate surface area is 189 Å². The van der Waals surface area contributed by atoms with Gasteiger partial charge in [-0.2, -0.15) is 0 Å². The molecule has 0 unspecified atom stereocenters. The van der Waals surface area contributed by atoms with Crippen LogP contribution in [0.25, 0.3) is 16.9 Å². The van der Waals surface area contributed by atoms with Gasteiger partial charge in [0.2, 0.25) is 0 Å². The van der Waals surface area contributed by atoms with Gasteiger partial charge in [0.1, 0.15) is 11.6 Å². The van der Waals surface area contributed by atoms with E-state index in [0.717, 1.165) is 0 Å². The van der Waals surface area contributed by atoms with Crippen molar-refractivity contribution in [3.05, 3.63) is 75.5 Å². The number of nitrogens with zero attached hydrogens (tertiary/aromatic N) is 3. The molecule has 1 N–H and O–H groups in total. The fourth-order valence-electron chi connectivity index (χ4n) is 4.12. The maximum atomic E-state index is 14.8. The Bertz CT molecular complexity index is 1340. The minimum Gasteiger partial charge on any atom is -0.507 e. The van der Waals surface area contributed by atoms with Crippen LogP contribution in [0.2, 0.25) is 0 Å². The van der Waals surface area contributed by atoms with Gasteiger partial charge in [-0.1, -0.05) is 18.2 Å². The molecule has 1 aromatic heterocycles. The monoisotopic (exact) mass is 453 g/mol. The molecule has 2 heterocycles. The Morgan fingerprint density at radius 3 is 2.58 bits per heavy atom. The molecule has 9 heteroatoms. The lowest BCUT2D eigenvalue weighted by Gasteiger charge is -2.26. The minimum atomic E-state index is -1.08. The molecule has 0 bridgehead atoms. The molecule has 1 atom stereocenters. The molecule has 8 nitrogen and oxygen atoms in total. The number of likely N-dealkylation sites (tertiary alicyclic amines) is 1. The van der Waals surface area contributed by atoms with Crippen molar-refractivity contribution in [2.75, 3.05) is 27.2 Å². The SMILES string of the molecule is CN(C)CCCN1C(=O)C(=O)C(=C(O)c2ccc3c(c2)oc(=O)n3C)[C@H]1c1ccccc1F. The number of halogens is 1. The van der Waals surface area contributed by atoms with Crippen molar-refractivity contribution < 1.29 is 23.5 Å². The maximum absolute atomic E-state index is 14.8. The number of carbonyl (C=O) groups excluding carboxylic acids is 2. The largest absolute Gasteiger partial charge is 0.507 e. The second-order valence-corrected chi connectivity index (χ2v) is 8.28. The van der Waals surface area contributed by atoms with E-state index < -0.39 is 35.1 Å². The third-order valence-corrected chi connectivity index (χ3v) is 5.81. The van der Waals surface area contributed by atoms with Crippen molar-refractivity contribution in [2.45, 2.75) is 12.5 Å². The zero-order valence-electron chi connectivity index (χ0n) is 18.5. The number of rotatable bonds is 6. The van der Waals surface area contributed by atoms with Crippen LogP contribution in [0.4, 0.5) is 4.39 Å². The fraction of sp³-hybridized carbons (Fsp3) is 0.292. The lowest BCUT2D eigenvalue weighted by molar-refractivity contribution is -0.140. The molecule has 1 aliphatic heterocycles. The molecule has 0 spiro atoms. The topological polar surface area (TPSA) is 96.0 Å². The Kier molecular flexibility index (Phi) is 5.90. The molecule has 0 saturated carbocycles. The summed E-state index contributed by atoms with van der Waals surface area (Å²) in [6.07, 6.45) is 0.562. The van der Waals surface area contributed by atoms with Crippen LogP contribution in [0, 0.1) is 5.82 Å². The van der Waals surface area contributed by atoms with Crippen LogP contribution in [-0.4, -0.2) is 58.3 Å². The zero-order valence-corrected chi connectivity index (χ0v) is 18.5. The Morgan fingerprint density at radius 1 is 1.15 bits per heavy atom. The molecule has 3 aromatic rings. The van der Waals surface area contributed by atoms with Crippen LogP contribution in [0.3, 0.4) is 0 Å². The summed E-state index contributed by atoms with van der Waals surface area (Å²) in [5, 5.41) is 11.1. The number of hydrogen-bond donors (Lipinski definition) is 1. The van der Waals surface area contributed by atoms with Gasteiger partial charge in [0.25, 0.3) is 11.7 Å². The predicted octanol–water partition coefficient (Wildman–Crippen LogP) is 2.64. The Balaban J connectivity index is 1.85. The first-order chi connectivity index (χ1) is 15.7. The number of aliphatic hydroxyl groups excluding tert-OH is 1. The van der Waals surface area contributed by atoms with Gasteiger partial charge in [-0.25, -0.2) is 9.18 Å². The summed E-state index contributed by atoms with van der Waals surface area (Å²) < 4.78 is 21.3. The first-order valence-corrected chi connectivity index (χ1v) is 10.5. The molecule has 1 fully saturated rings. The molecule has 1 aliphatic rings. The zero-order chi connectivity index (χ0) is 23.9. The van der Waals surface area contributed by atoms with E-state index in [1.807, 2.05) is 19.0 Å². The third-order valence-electron chi connectivity index (χ3n) is 5.81. The van der Waals surface area contributed by atoms with Crippen LogP contribution >= 0.6 is 0 Å². The van der Waals surface area contributed by atoms with E-state index in [9.17, 15) is 23.9 Å². The second kappa shape index (κ2) is 8.67. The normalized spacial score (nSPS) is 18.1. The highest BCUT2D eigenvalue weighted by molar-refractivity contribution is 6.46. The summed E-state index contributed by atoms with van der Waals surface area (Å²) >= 11 is 0.